The maximum atomic E-state index is 13.1. The minimum absolute atomic E-state index is 0.112. The van der Waals surface area contributed by atoms with Crippen molar-refractivity contribution in [1.82, 2.24) is 4.90 Å². The molecular formula is C28H30N2O4. The summed E-state index contributed by atoms with van der Waals surface area (Å²) in [7, 11) is 0. The number of para-hydroxylation sites is 1. The summed E-state index contributed by atoms with van der Waals surface area (Å²) in [6, 6.07) is 26.1. The van der Waals surface area contributed by atoms with Crippen molar-refractivity contribution in [2.75, 3.05) is 25.0 Å². The first-order valence-corrected chi connectivity index (χ1v) is 11.4. The molecule has 0 aliphatic heterocycles. The first-order chi connectivity index (χ1) is 16.5. The Kier molecular flexibility index (Phi) is 8.97. The number of esters is 1. The number of anilines is 1. The molecular weight excluding hydrogens is 428 g/mol. The van der Waals surface area contributed by atoms with Crippen molar-refractivity contribution < 1.29 is 19.1 Å². The standard InChI is InChI=1S/C28H30N2O4/c1-3-18-30(19-25(31)29-24-17-11-10-12-21(24)2)26(32)20-34-28(33)27(22-13-6-4-7-14-22)23-15-8-5-9-16-23/h4-17,27H,3,18-20H2,1-2H3,(H,29,31). The SMILES string of the molecule is CCCN(CC(=O)Nc1ccccc1C)C(=O)COC(=O)C(c1ccccc1)c1ccccc1. The van der Waals surface area contributed by atoms with Gasteiger partial charge in [0, 0.05) is 12.2 Å². The molecule has 0 radical (unpaired) electrons. The fourth-order valence-corrected chi connectivity index (χ4v) is 3.70. The van der Waals surface area contributed by atoms with E-state index < -0.39 is 24.4 Å². The predicted octanol–water partition coefficient (Wildman–Crippen LogP) is 4.55. The van der Waals surface area contributed by atoms with Crippen molar-refractivity contribution in [1.29, 1.82) is 0 Å². The van der Waals surface area contributed by atoms with Gasteiger partial charge in [-0.3, -0.25) is 14.4 Å². The summed E-state index contributed by atoms with van der Waals surface area (Å²) < 4.78 is 5.46. The Balaban J connectivity index is 1.65. The summed E-state index contributed by atoms with van der Waals surface area (Å²) in [5.74, 6) is -1.85. The third-order valence-electron chi connectivity index (χ3n) is 5.44. The molecule has 3 aromatic carbocycles. The van der Waals surface area contributed by atoms with Crippen LogP contribution in [0.2, 0.25) is 0 Å². The number of nitrogens with one attached hydrogen (secondary N) is 1. The Morgan fingerprint density at radius 2 is 1.41 bits per heavy atom. The van der Waals surface area contributed by atoms with Gasteiger partial charge in [-0.15, -0.1) is 0 Å². The molecule has 0 unspecified atom stereocenters. The van der Waals surface area contributed by atoms with Crippen LogP contribution >= 0.6 is 0 Å². The normalized spacial score (nSPS) is 10.6. The monoisotopic (exact) mass is 458 g/mol. The molecule has 2 amide bonds. The Morgan fingerprint density at radius 1 is 0.853 bits per heavy atom. The number of rotatable bonds is 10. The van der Waals surface area contributed by atoms with Crippen LogP contribution < -0.4 is 5.32 Å². The average molecular weight is 459 g/mol. The number of aryl methyl sites for hydroxylation is 1. The topological polar surface area (TPSA) is 75.7 Å². The summed E-state index contributed by atoms with van der Waals surface area (Å²) in [4.78, 5) is 39.9. The fraction of sp³-hybridized carbons (Fsp3) is 0.250. The lowest BCUT2D eigenvalue weighted by atomic mass is 9.91. The molecule has 0 fully saturated rings. The van der Waals surface area contributed by atoms with Crippen LogP contribution in [0.3, 0.4) is 0 Å². The van der Waals surface area contributed by atoms with Crippen LogP contribution in [0.25, 0.3) is 0 Å². The van der Waals surface area contributed by atoms with E-state index in [1.54, 1.807) is 0 Å². The zero-order chi connectivity index (χ0) is 24.3. The van der Waals surface area contributed by atoms with Gasteiger partial charge in [-0.25, -0.2) is 0 Å². The smallest absolute Gasteiger partial charge is 0.318 e. The largest absolute Gasteiger partial charge is 0.455 e. The number of hydrogen-bond acceptors (Lipinski definition) is 4. The highest BCUT2D eigenvalue weighted by Gasteiger charge is 2.26. The van der Waals surface area contributed by atoms with E-state index in [-0.39, 0.29) is 12.5 Å². The Labute approximate surface area is 200 Å². The molecule has 0 heterocycles. The van der Waals surface area contributed by atoms with Gasteiger partial charge < -0.3 is 15.0 Å². The van der Waals surface area contributed by atoms with Crippen LogP contribution in [0.4, 0.5) is 5.69 Å². The van der Waals surface area contributed by atoms with Crippen LogP contribution in [0, 0.1) is 6.92 Å². The summed E-state index contributed by atoms with van der Waals surface area (Å²) in [6.07, 6.45) is 0.675. The van der Waals surface area contributed by atoms with E-state index >= 15 is 0 Å². The van der Waals surface area contributed by atoms with Gasteiger partial charge in [-0.05, 0) is 36.1 Å². The van der Waals surface area contributed by atoms with Crippen molar-refractivity contribution in [2.45, 2.75) is 26.2 Å². The van der Waals surface area contributed by atoms with Crippen LogP contribution in [0.5, 0.6) is 0 Å². The molecule has 6 heteroatoms. The fourth-order valence-electron chi connectivity index (χ4n) is 3.70. The van der Waals surface area contributed by atoms with Crippen LogP contribution in [-0.2, 0) is 19.1 Å². The third kappa shape index (κ3) is 6.78. The van der Waals surface area contributed by atoms with Gasteiger partial charge in [0.05, 0.1) is 6.54 Å². The summed E-state index contributed by atoms with van der Waals surface area (Å²) >= 11 is 0. The Morgan fingerprint density at radius 3 is 1.97 bits per heavy atom. The van der Waals surface area contributed by atoms with Crippen molar-refractivity contribution in [2.24, 2.45) is 0 Å². The predicted molar refractivity (Wildman–Crippen MR) is 132 cm³/mol. The van der Waals surface area contributed by atoms with E-state index in [1.165, 1.54) is 4.90 Å². The van der Waals surface area contributed by atoms with Crippen molar-refractivity contribution in [3.05, 3.63) is 102 Å². The highest BCUT2D eigenvalue weighted by Crippen LogP contribution is 2.26. The molecule has 1 N–H and O–H groups in total. The van der Waals surface area contributed by atoms with E-state index in [4.69, 9.17) is 4.74 Å². The van der Waals surface area contributed by atoms with Gasteiger partial charge in [0.15, 0.2) is 6.61 Å². The molecule has 176 valence electrons. The van der Waals surface area contributed by atoms with E-state index in [2.05, 4.69) is 5.32 Å². The second-order valence-electron chi connectivity index (χ2n) is 8.04. The number of hydrogen-bond donors (Lipinski definition) is 1. The lowest BCUT2D eigenvalue weighted by molar-refractivity contribution is -0.153. The molecule has 0 bridgehead atoms. The molecule has 0 aliphatic rings. The van der Waals surface area contributed by atoms with Gasteiger partial charge in [0.1, 0.15) is 5.92 Å². The average Bonchev–Trinajstić information content (AvgIpc) is 2.85. The number of amides is 2. The zero-order valence-corrected chi connectivity index (χ0v) is 19.6. The second kappa shape index (κ2) is 12.3. The minimum atomic E-state index is -0.640. The molecule has 0 saturated heterocycles. The van der Waals surface area contributed by atoms with Gasteiger partial charge >= 0.3 is 5.97 Å². The van der Waals surface area contributed by atoms with Crippen LogP contribution in [0.15, 0.2) is 84.9 Å². The lowest BCUT2D eigenvalue weighted by Gasteiger charge is -2.23. The number of carbonyl (C=O) groups is 3. The molecule has 0 atom stereocenters. The number of ether oxygens (including phenoxy) is 1. The van der Waals surface area contributed by atoms with E-state index in [9.17, 15) is 14.4 Å². The second-order valence-corrected chi connectivity index (χ2v) is 8.04. The van der Waals surface area contributed by atoms with Gasteiger partial charge in [0.25, 0.3) is 5.91 Å². The van der Waals surface area contributed by atoms with Gasteiger partial charge in [-0.2, -0.15) is 0 Å². The van der Waals surface area contributed by atoms with Crippen molar-refractivity contribution >= 4 is 23.5 Å². The van der Waals surface area contributed by atoms with E-state index in [0.29, 0.717) is 18.7 Å². The third-order valence-corrected chi connectivity index (χ3v) is 5.44. The quantitative estimate of drug-likeness (QED) is 0.453. The van der Waals surface area contributed by atoms with Gasteiger partial charge in [0.2, 0.25) is 5.91 Å². The van der Waals surface area contributed by atoms with E-state index in [0.717, 1.165) is 16.7 Å². The molecule has 0 aliphatic carbocycles. The molecule has 0 spiro atoms. The molecule has 6 nitrogen and oxygen atoms in total. The maximum absolute atomic E-state index is 13.1. The highest BCUT2D eigenvalue weighted by molar-refractivity contribution is 5.95. The van der Waals surface area contributed by atoms with Crippen LogP contribution in [-0.4, -0.2) is 42.4 Å². The Bertz CT molecular complexity index is 1060. The number of benzene rings is 3. The Hall–Kier alpha value is -3.93. The first kappa shape index (κ1) is 24.7. The maximum Gasteiger partial charge on any atom is 0.318 e. The number of carbonyl (C=O) groups excluding carboxylic acids is 3. The summed E-state index contributed by atoms with van der Waals surface area (Å²) in [6.45, 7) is 3.68. The van der Waals surface area contributed by atoms with Crippen molar-refractivity contribution in [3.8, 4) is 0 Å². The summed E-state index contributed by atoms with van der Waals surface area (Å²) in [5, 5.41) is 2.84. The van der Waals surface area contributed by atoms with Crippen molar-refractivity contribution in [3.63, 3.8) is 0 Å². The molecule has 3 aromatic rings. The van der Waals surface area contributed by atoms with Crippen LogP contribution in [0.1, 0.15) is 36.0 Å². The molecule has 0 saturated carbocycles. The molecule has 0 aromatic heterocycles. The zero-order valence-electron chi connectivity index (χ0n) is 19.6. The lowest BCUT2D eigenvalue weighted by Crippen LogP contribution is -2.41. The highest BCUT2D eigenvalue weighted by atomic mass is 16.5. The molecule has 3 rings (SSSR count). The first-order valence-electron chi connectivity index (χ1n) is 11.4. The molecule has 34 heavy (non-hydrogen) atoms. The van der Waals surface area contributed by atoms with E-state index in [1.807, 2.05) is 98.8 Å². The minimum Gasteiger partial charge on any atom is -0.455 e. The van der Waals surface area contributed by atoms with Gasteiger partial charge in [-0.1, -0.05) is 85.8 Å². The summed E-state index contributed by atoms with van der Waals surface area (Å²) in [5.41, 5.74) is 3.21. The number of nitrogens with zero attached hydrogens (tertiary/aromatic N) is 1.